The number of carbonyl (C=O) groups excluding carboxylic acids is 1. The topological polar surface area (TPSA) is 84.6 Å². The van der Waals surface area contributed by atoms with Crippen molar-refractivity contribution in [3.05, 3.63) is 53.6 Å². The molecular weight excluding hydrogens is 268 g/mol. The normalized spacial score (nSPS) is 10.2. The average molecular weight is 286 g/mol. The van der Waals surface area contributed by atoms with E-state index in [-0.39, 0.29) is 12.5 Å². The van der Waals surface area contributed by atoms with Gasteiger partial charge in [0.05, 0.1) is 5.56 Å². The van der Waals surface area contributed by atoms with Crippen molar-refractivity contribution in [2.45, 2.75) is 6.42 Å². The van der Waals surface area contributed by atoms with Crippen molar-refractivity contribution in [3.8, 4) is 11.5 Å². The first kappa shape index (κ1) is 14.9. The molecule has 0 saturated carbocycles. The van der Waals surface area contributed by atoms with Gasteiger partial charge in [0.2, 0.25) is 0 Å². The molecule has 110 valence electrons. The highest BCUT2D eigenvalue weighted by Gasteiger charge is 2.13. The predicted molar refractivity (Wildman–Crippen MR) is 81.6 cm³/mol. The summed E-state index contributed by atoms with van der Waals surface area (Å²) in [5.74, 6) is 0.742. The van der Waals surface area contributed by atoms with Crippen LogP contribution in [-0.4, -0.2) is 24.7 Å². The van der Waals surface area contributed by atoms with Gasteiger partial charge in [-0.1, -0.05) is 18.2 Å². The molecule has 0 aliphatic rings. The van der Waals surface area contributed by atoms with E-state index in [4.69, 9.17) is 15.6 Å². The van der Waals surface area contributed by atoms with Crippen molar-refractivity contribution in [1.29, 1.82) is 0 Å². The van der Waals surface area contributed by atoms with Gasteiger partial charge in [0.25, 0.3) is 5.91 Å². The second-order valence-electron chi connectivity index (χ2n) is 4.52. The molecule has 1 amide bonds. The number of amides is 1. The maximum Gasteiger partial charge on any atom is 0.254 e. The van der Waals surface area contributed by atoms with Crippen LogP contribution in [0.25, 0.3) is 0 Å². The summed E-state index contributed by atoms with van der Waals surface area (Å²) in [6.45, 7) is 0.0274. The van der Waals surface area contributed by atoms with E-state index in [1.165, 1.54) is 0 Å². The maximum atomic E-state index is 11.9. The van der Waals surface area contributed by atoms with Crippen molar-refractivity contribution in [2.75, 3.05) is 19.4 Å². The fourth-order valence-corrected chi connectivity index (χ4v) is 1.99. The monoisotopic (exact) mass is 286 g/mol. The second kappa shape index (κ2) is 6.76. The Hall–Kier alpha value is -2.53. The second-order valence-corrected chi connectivity index (χ2v) is 4.52. The molecule has 0 spiro atoms. The van der Waals surface area contributed by atoms with Crippen LogP contribution in [0.15, 0.2) is 42.5 Å². The van der Waals surface area contributed by atoms with Crippen molar-refractivity contribution in [3.63, 3.8) is 0 Å². The van der Waals surface area contributed by atoms with Gasteiger partial charge in [0, 0.05) is 25.4 Å². The number of para-hydroxylation sites is 1. The predicted octanol–water partition coefficient (Wildman–Crippen LogP) is 1.96. The van der Waals surface area contributed by atoms with E-state index in [1.54, 1.807) is 31.3 Å². The molecule has 0 heterocycles. The van der Waals surface area contributed by atoms with Crippen molar-refractivity contribution in [1.82, 2.24) is 5.32 Å². The van der Waals surface area contributed by atoms with Crippen LogP contribution in [0.1, 0.15) is 15.9 Å². The summed E-state index contributed by atoms with van der Waals surface area (Å²) in [6.07, 6.45) is 0.480. The minimum atomic E-state index is -0.246. The Morgan fingerprint density at radius 3 is 2.71 bits per heavy atom. The number of nitrogen functional groups attached to an aromatic ring is 1. The zero-order chi connectivity index (χ0) is 15.2. The molecule has 0 radical (unpaired) electrons. The number of nitrogens with two attached hydrogens (primary N) is 1. The summed E-state index contributed by atoms with van der Waals surface area (Å²) in [6, 6.07) is 12.3. The molecule has 21 heavy (non-hydrogen) atoms. The molecule has 0 aliphatic carbocycles. The van der Waals surface area contributed by atoms with Crippen molar-refractivity contribution < 1.29 is 14.6 Å². The number of aliphatic hydroxyl groups excluding tert-OH is 1. The minimum absolute atomic E-state index is 0.0274. The van der Waals surface area contributed by atoms with Gasteiger partial charge in [-0.05, 0) is 30.2 Å². The van der Waals surface area contributed by atoms with Crippen LogP contribution >= 0.6 is 0 Å². The number of anilines is 1. The number of ether oxygens (including phenoxy) is 1. The molecule has 0 saturated heterocycles. The van der Waals surface area contributed by atoms with Crippen LogP contribution in [0.4, 0.5) is 5.69 Å². The highest BCUT2D eigenvalue weighted by Crippen LogP contribution is 2.30. The van der Waals surface area contributed by atoms with Gasteiger partial charge in [0.15, 0.2) is 0 Å². The molecule has 5 nitrogen and oxygen atoms in total. The van der Waals surface area contributed by atoms with Gasteiger partial charge in [0.1, 0.15) is 11.5 Å². The largest absolute Gasteiger partial charge is 0.456 e. The van der Waals surface area contributed by atoms with Crippen LogP contribution in [0, 0.1) is 0 Å². The third kappa shape index (κ3) is 3.52. The molecule has 0 bridgehead atoms. The number of rotatable bonds is 5. The Bertz CT molecular complexity index is 641. The lowest BCUT2D eigenvalue weighted by Gasteiger charge is -2.14. The van der Waals surface area contributed by atoms with Gasteiger partial charge >= 0.3 is 0 Å². The summed E-state index contributed by atoms with van der Waals surface area (Å²) in [5.41, 5.74) is 7.55. The van der Waals surface area contributed by atoms with E-state index in [2.05, 4.69) is 5.32 Å². The van der Waals surface area contributed by atoms with Gasteiger partial charge < -0.3 is 20.9 Å². The molecule has 0 aromatic heterocycles. The summed E-state index contributed by atoms with van der Waals surface area (Å²) in [5, 5.41) is 11.7. The molecule has 0 atom stereocenters. The number of hydrogen-bond acceptors (Lipinski definition) is 4. The lowest BCUT2D eigenvalue weighted by molar-refractivity contribution is 0.0961. The molecule has 2 aromatic carbocycles. The molecule has 4 N–H and O–H groups in total. The van der Waals surface area contributed by atoms with E-state index < -0.39 is 0 Å². The molecule has 2 rings (SSSR count). The van der Waals surface area contributed by atoms with Crippen molar-refractivity contribution in [2.24, 2.45) is 0 Å². The summed E-state index contributed by atoms with van der Waals surface area (Å²) in [7, 11) is 1.56. The molecule has 0 fully saturated rings. The van der Waals surface area contributed by atoms with Crippen LogP contribution in [0.2, 0.25) is 0 Å². The van der Waals surface area contributed by atoms with Gasteiger partial charge in [-0.2, -0.15) is 0 Å². The Morgan fingerprint density at radius 2 is 2.00 bits per heavy atom. The Labute approximate surface area is 123 Å². The van der Waals surface area contributed by atoms with Crippen molar-refractivity contribution >= 4 is 11.6 Å². The first-order chi connectivity index (χ1) is 10.2. The first-order valence-electron chi connectivity index (χ1n) is 6.64. The quantitative estimate of drug-likeness (QED) is 0.733. The highest BCUT2D eigenvalue weighted by molar-refractivity contribution is 5.97. The third-order valence-corrected chi connectivity index (χ3v) is 3.05. The maximum absolute atomic E-state index is 11.9. The van der Waals surface area contributed by atoms with Crippen LogP contribution in [0.3, 0.4) is 0 Å². The van der Waals surface area contributed by atoms with E-state index in [0.717, 1.165) is 5.56 Å². The fourth-order valence-electron chi connectivity index (χ4n) is 1.99. The Morgan fingerprint density at radius 1 is 1.24 bits per heavy atom. The smallest absolute Gasteiger partial charge is 0.254 e. The lowest BCUT2D eigenvalue weighted by Crippen LogP contribution is -2.18. The van der Waals surface area contributed by atoms with E-state index in [0.29, 0.717) is 29.2 Å². The number of aliphatic hydroxyl groups is 1. The molecular formula is C16H18N2O3. The summed E-state index contributed by atoms with van der Waals surface area (Å²) < 4.78 is 5.85. The standard InChI is InChI=1S/C16H18N2O3/c1-18-16(20)13-7-6-12(17)10-15(13)21-14-5-3-2-4-11(14)8-9-19/h2-7,10,19H,8-9,17H2,1H3,(H,18,20). The van der Waals surface area contributed by atoms with E-state index in [9.17, 15) is 4.79 Å². The van der Waals surface area contributed by atoms with Crippen LogP contribution in [0.5, 0.6) is 11.5 Å². The zero-order valence-electron chi connectivity index (χ0n) is 11.8. The van der Waals surface area contributed by atoms with Crippen LogP contribution < -0.4 is 15.8 Å². The minimum Gasteiger partial charge on any atom is -0.456 e. The zero-order valence-corrected chi connectivity index (χ0v) is 11.8. The SMILES string of the molecule is CNC(=O)c1ccc(N)cc1Oc1ccccc1CCO. The molecule has 0 unspecified atom stereocenters. The Kier molecular flexibility index (Phi) is 4.79. The van der Waals surface area contributed by atoms with Gasteiger partial charge in [-0.15, -0.1) is 0 Å². The molecule has 0 aliphatic heterocycles. The Balaban J connectivity index is 2.39. The molecule has 2 aromatic rings. The van der Waals surface area contributed by atoms with E-state index >= 15 is 0 Å². The number of carbonyl (C=O) groups is 1. The number of benzene rings is 2. The third-order valence-electron chi connectivity index (χ3n) is 3.05. The fraction of sp³-hybridized carbons (Fsp3) is 0.188. The van der Waals surface area contributed by atoms with E-state index in [1.807, 2.05) is 18.2 Å². The number of hydrogen-bond donors (Lipinski definition) is 3. The summed E-state index contributed by atoms with van der Waals surface area (Å²) in [4.78, 5) is 11.9. The highest BCUT2D eigenvalue weighted by atomic mass is 16.5. The average Bonchev–Trinajstić information content (AvgIpc) is 2.49. The number of nitrogens with one attached hydrogen (secondary N) is 1. The molecule has 5 heteroatoms. The van der Waals surface area contributed by atoms with Crippen LogP contribution in [-0.2, 0) is 6.42 Å². The lowest BCUT2D eigenvalue weighted by atomic mass is 10.1. The van der Waals surface area contributed by atoms with Gasteiger partial charge in [-0.3, -0.25) is 4.79 Å². The summed E-state index contributed by atoms with van der Waals surface area (Å²) >= 11 is 0. The first-order valence-corrected chi connectivity index (χ1v) is 6.64. The van der Waals surface area contributed by atoms with Gasteiger partial charge in [-0.25, -0.2) is 0 Å².